The lowest BCUT2D eigenvalue weighted by Crippen LogP contribution is -1.94. The Labute approximate surface area is 99.3 Å². The summed E-state index contributed by atoms with van der Waals surface area (Å²) in [5.41, 5.74) is 3.98. The first-order valence-electron chi connectivity index (χ1n) is 5.21. The molecule has 16 heavy (non-hydrogen) atoms. The number of nitrogens with one attached hydrogen (secondary N) is 1. The van der Waals surface area contributed by atoms with Crippen molar-refractivity contribution >= 4 is 33.7 Å². The summed E-state index contributed by atoms with van der Waals surface area (Å²) in [5, 5.41) is 5.37. The Bertz CT molecular complexity index is 538. The van der Waals surface area contributed by atoms with Crippen molar-refractivity contribution in [2.45, 2.75) is 6.92 Å². The first kappa shape index (κ1) is 10.9. The highest BCUT2D eigenvalue weighted by molar-refractivity contribution is 7.20. The lowest BCUT2D eigenvalue weighted by atomic mass is 10.1. The van der Waals surface area contributed by atoms with Gasteiger partial charge in [-0.25, -0.2) is 0 Å². The van der Waals surface area contributed by atoms with Crippen molar-refractivity contribution in [1.82, 2.24) is 5.43 Å². The molecule has 0 saturated heterocycles. The SMILES string of the molecule is C/C=C/c1sc2ccccc2c1/C=N/NC. The molecule has 2 nitrogen and oxygen atoms in total. The Kier molecular flexibility index (Phi) is 3.37. The van der Waals surface area contributed by atoms with E-state index in [1.54, 1.807) is 18.4 Å². The third kappa shape index (κ3) is 1.99. The van der Waals surface area contributed by atoms with Gasteiger partial charge in [0, 0.05) is 27.6 Å². The Morgan fingerprint density at radius 3 is 2.88 bits per heavy atom. The normalized spacial score (nSPS) is 11.9. The fraction of sp³-hybridized carbons (Fsp3) is 0.154. The molecular weight excluding hydrogens is 216 g/mol. The van der Waals surface area contributed by atoms with Crippen LogP contribution >= 0.6 is 11.3 Å². The molecule has 0 aliphatic carbocycles. The second kappa shape index (κ2) is 4.94. The summed E-state index contributed by atoms with van der Waals surface area (Å²) in [6.07, 6.45) is 6.07. The first-order chi connectivity index (χ1) is 7.86. The van der Waals surface area contributed by atoms with E-state index in [1.165, 1.54) is 20.5 Å². The van der Waals surface area contributed by atoms with Gasteiger partial charge in [0.15, 0.2) is 0 Å². The summed E-state index contributed by atoms with van der Waals surface area (Å²) >= 11 is 1.79. The molecule has 2 rings (SSSR count). The Morgan fingerprint density at radius 1 is 1.31 bits per heavy atom. The highest BCUT2D eigenvalue weighted by Crippen LogP contribution is 2.30. The van der Waals surface area contributed by atoms with E-state index in [0.717, 1.165) is 0 Å². The fourth-order valence-electron chi connectivity index (χ4n) is 1.62. The fourth-order valence-corrected chi connectivity index (χ4v) is 2.77. The molecule has 0 radical (unpaired) electrons. The van der Waals surface area contributed by atoms with Gasteiger partial charge in [0.05, 0.1) is 6.21 Å². The van der Waals surface area contributed by atoms with Crippen molar-refractivity contribution in [2.24, 2.45) is 5.10 Å². The minimum Gasteiger partial charge on any atom is -0.313 e. The van der Waals surface area contributed by atoms with Crippen LogP contribution in [0.1, 0.15) is 17.4 Å². The first-order valence-corrected chi connectivity index (χ1v) is 6.02. The number of rotatable bonds is 3. The van der Waals surface area contributed by atoms with Crippen LogP contribution in [0, 0.1) is 0 Å². The zero-order valence-electron chi connectivity index (χ0n) is 9.40. The van der Waals surface area contributed by atoms with Crippen LogP contribution in [0.15, 0.2) is 35.4 Å². The summed E-state index contributed by atoms with van der Waals surface area (Å²) in [6.45, 7) is 2.03. The lowest BCUT2D eigenvalue weighted by molar-refractivity contribution is 0.908. The van der Waals surface area contributed by atoms with Crippen LogP contribution in [-0.2, 0) is 0 Å². The molecule has 0 fully saturated rings. The molecule has 0 atom stereocenters. The number of hydrogen-bond donors (Lipinski definition) is 1. The number of fused-ring (bicyclic) bond motifs is 1. The highest BCUT2D eigenvalue weighted by atomic mass is 32.1. The smallest absolute Gasteiger partial charge is 0.0561 e. The largest absolute Gasteiger partial charge is 0.313 e. The molecule has 0 aliphatic rings. The molecule has 0 saturated carbocycles. The summed E-state index contributed by atoms with van der Waals surface area (Å²) in [7, 11) is 1.81. The zero-order valence-corrected chi connectivity index (χ0v) is 10.2. The third-order valence-electron chi connectivity index (χ3n) is 2.30. The van der Waals surface area contributed by atoms with Gasteiger partial charge in [0.1, 0.15) is 0 Å². The molecule has 1 aromatic carbocycles. The average molecular weight is 230 g/mol. The van der Waals surface area contributed by atoms with E-state index in [2.05, 4.69) is 46.9 Å². The van der Waals surface area contributed by atoms with Gasteiger partial charge in [-0.3, -0.25) is 0 Å². The maximum Gasteiger partial charge on any atom is 0.0561 e. The molecule has 0 bridgehead atoms. The maximum absolute atomic E-state index is 4.11. The number of hydrazone groups is 1. The van der Waals surface area contributed by atoms with Gasteiger partial charge in [0.25, 0.3) is 0 Å². The van der Waals surface area contributed by atoms with Gasteiger partial charge in [-0.1, -0.05) is 24.3 Å². The second-order valence-corrected chi connectivity index (χ2v) is 4.44. The van der Waals surface area contributed by atoms with E-state index >= 15 is 0 Å². The standard InChI is InChI=1S/C13H14N2S/c1-3-6-12-11(9-15-14-2)10-7-4-5-8-13(10)16-12/h3-9,14H,1-2H3/b6-3+,15-9+. The third-order valence-corrected chi connectivity index (χ3v) is 3.46. The van der Waals surface area contributed by atoms with Crippen LogP contribution in [0.25, 0.3) is 16.2 Å². The summed E-state index contributed by atoms with van der Waals surface area (Å²) in [5.74, 6) is 0. The monoisotopic (exact) mass is 230 g/mol. The van der Waals surface area contributed by atoms with E-state index in [4.69, 9.17) is 0 Å². The molecule has 82 valence electrons. The second-order valence-electron chi connectivity index (χ2n) is 3.36. The van der Waals surface area contributed by atoms with Gasteiger partial charge < -0.3 is 5.43 Å². The maximum atomic E-state index is 4.11. The van der Waals surface area contributed by atoms with Crippen LogP contribution in [0.2, 0.25) is 0 Å². The Morgan fingerprint density at radius 2 is 2.12 bits per heavy atom. The number of nitrogens with zero attached hydrogens (tertiary/aromatic N) is 1. The lowest BCUT2D eigenvalue weighted by Gasteiger charge is -1.93. The molecule has 3 heteroatoms. The van der Waals surface area contributed by atoms with E-state index in [0.29, 0.717) is 0 Å². The molecule has 0 amide bonds. The van der Waals surface area contributed by atoms with Crippen molar-refractivity contribution < 1.29 is 0 Å². The quantitative estimate of drug-likeness (QED) is 0.633. The number of allylic oxidation sites excluding steroid dienone is 1. The molecule has 1 N–H and O–H groups in total. The molecule has 0 aliphatic heterocycles. The van der Waals surface area contributed by atoms with Gasteiger partial charge >= 0.3 is 0 Å². The molecular formula is C13H14N2S. The number of thiophene rings is 1. The minimum atomic E-state index is 1.19. The van der Waals surface area contributed by atoms with Crippen molar-refractivity contribution in [3.05, 3.63) is 40.8 Å². The van der Waals surface area contributed by atoms with Crippen molar-refractivity contribution in [2.75, 3.05) is 7.05 Å². The molecule has 0 spiro atoms. The molecule has 0 unspecified atom stereocenters. The van der Waals surface area contributed by atoms with E-state index in [9.17, 15) is 0 Å². The molecule has 2 aromatic rings. The van der Waals surface area contributed by atoms with E-state index in [1.807, 2.05) is 13.1 Å². The van der Waals surface area contributed by atoms with Crippen LogP contribution in [0.5, 0.6) is 0 Å². The van der Waals surface area contributed by atoms with Crippen LogP contribution in [0.4, 0.5) is 0 Å². The number of benzene rings is 1. The zero-order chi connectivity index (χ0) is 11.4. The molecule has 1 heterocycles. The predicted octanol–water partition coefficient (Wildman–Crippen LogP) is 3.49. The van der Waals surface area contributed by atoms with Crippen molar-refractivity contribution in [3.8, 4) is 0 Å². The van der Waals surface area contributed by atoms with Crippen molar-refractivity contribution in [3.63, 3.8) is 0 Å². The van der Waals surface area contributed by atoms with Crippen LogP contribution < -0.4 is 5.43 Å². The van der Waals surface area contributed by atoms with Gasteiger partial charge in [-0.15, -0.1) is 11.3 Å². The van der Waals surface area contributed by atoms with E-state index in [-0.39, 0.29) is 0 Å². The molecule has 1 aromatic heterocycles. The minimum absolute atomic E-state index is 1.19. The van der Waals surface area contributed by atoms with E-state index < -0.39 is 0 Å². The van der Waals surface area contributed by atoms with Crippen LogP contribution in [-0.4, -0.2) is 13.3 Å². The predicted molar refractivity (Wildman–Crippen MR) is 73.2 cm³/mol. The topological polar surface area (TPSA) is 24.4 Å². The summed E-state index contributed by atoms with van der Waals surface area (Å²) in [4.78, 5) is 1.25. The Balaban J connectivity index is 2.64. The average Bonchev–Trinajstić information content (AvgIpc) is 2.65. The summed E-state index contributed by atoms with van der Waals surface area (Å²) < 4.78 is 1.30. The Hall–Kier alpha value is -1.61. The number of hydrogen-bond acceptors (Lipinski definition) is 3. The van der Waals surface area contributed by atoms with Crippen LogP contribution in [0.3, 0.4) is 0 Å². The summed E-state index contributed by atoms with van der Waals surface area (Å²) in [6, 6.07) is 8.40. The van der Waals surface area contributed by atoms with Gasteiger partial charge in [-0.05, 0) is 19.1 Å². The highest BCUT2D eigenvalue weighted by Gasteiger charge is 2.07. The van der Waals surface area contributed by atoms with Crippen molar-refractivity contribution in [1.29, 1.82) is 0 Å². The van der Waals surface area contributed by atoms with Gasteiger partial charge in [-0.2, -0.15) is 5.10 Å². The van der Waals surface area contributed by atoms with Gasteiger partial charge in [0.2, 0.25) is 0 Å².